The molecule has 0 spiro atoms. The first-order valence-corrected chi connectivity index (χ1v) is 4.59. The molecule has 0 aliphatic carbocycles. The van der Waals surface area contributed by atoms with Gasteiger partial charge in [-0.3, -0.25) is 4.98 Å². The zero-order chi connectivity index (χ0) is 9.68. The van der Waals surface area contributed by atoms with Gasteiger partial charge in [0.25, 0.3) is 0 Å². The molecule has 13 heavy (non-hydrogen) atoms. The molecule has 1 unspecified atom stereocenters. The zero-order valence-electron chi connectivity index (χ0n) is 7.90. The third kappa shape index (κ3) is 2.79. The number of aryl methyl sites for hydroxylation is 1. The van der Waals surface area contributed by atoms with E-state index >= 15 is 0 Å². The lowest BCUT2D eigenvalue weighted by molar-refractivity contribution is 0.276. The van der Waals surface area contributed by atoms with Crippen LogP contribution >= 0.6 is 0 Å². The van der Waals surface area contributed by atoms with Gasteiger partial charge in [-0.05, 0) is 24.5 Å². The highest BCUT2D eigenvalue weighted by atomic mass is 16.3. The van der Waals surface area contributed by atoms with Crippen molar-refractivity contribution in [3.8, 4) is 0 Å². The summed E-state index contributed by atoms with van der Waals surface area (Å²) in [7, 11) is 0. The normalized spacial score (nSPS) is 12.8. The molecule has 3 nitrogen and oxygen atoms in total. The Morgan fingerprint density at radius 2 is 2.31 bits per heavy atom. The van der Waals surface area contributed by atoms with Crippen LogP contribution in [0.2, 0.25) is 0 Å². The van der Waals surface area contributed by atoms with Crippen LogP contribution in [0, 0.1) is 0 Å². The van der Waals surface area contributed by atoms with Crippen molar-refractivity contribution in [3.05, 3.63) is 29.6 Å². The second-order valence-corrected chi connectivity index (χ2v) is 3.06. The van der Waals surface area contributed by atoms with Crippen LogP contribution in [-0.4, -0.2) is 16.7 Å². The van der Waals surface area contributed by atoms with Crippen LogP contribution in [0.4, 0.5) is 0 Å². The van der Waals surface area contributed by atoms with Gasteiger partial charge in [-0.2, -0.15) is 0 Å². The highest BCUT2D eigenvalue weighted by molar-refractivity contribution is 5.17. The summed E-state index contributed by atoms with van der Waals surface area (Å²) in [5.74, 6) is 0. The van der Waals surface area contributed by atoms with E-state index in [-0.39, 0.29) is 12.6 Å². The summed E-state index contributed by atoms with van der Waals surface area (Å²) in [5, 5.41) is 8.70. The lowest BCUT2D eigenvalue weighted by atomic mass is 10.1. The number of aromatic nitrogens is 1. The van der Waals surface area contributed by atoms with E-state index < -0.39 is 0 Å². The van der Waals surface area contributed by atoms with E-state index in [1.807, 2.05) is 12.1 Å². The van der Waals surface area contributed by atoms with Gasteiger partial charge in [-0.15, -0.1) is 0 Å². The molecular weight excluding hydrogens is 164 g/mol. The molecule has 1 aromatic heterocycles. The molecule has 1 aromatic rings. The molecule has 1 heterocycles. The maximum absolute atomic E-state index is 8.70. The molecule has 0 saturated carbocycles. The Kier molecular flexibility index (Phi) is 3.86. The van der Waals surface area contributed by atoms with Gasteiger partial charge >= 0.3 is 0 Å². The quantitative estimate of drug-likeness (QED) is 0.727. The Hall–Kier alpha value is -0.930. The summed E-state index contributed by atoms with van der Waals surface area (Å²) < 4.78 is 0. The van der Waals surface area contributed by atoms with E-state index in [1.165, 1.54) is 0 Å². The molecule has 3 N–H and O–H groups in total. The first-order chi connectivity index (χ1) is 6.27. The number of aliphatic hydroxyl groups is 1. The summed E-state index contributed by atoms with van der Waals surface area (Å²) in [6, 6.07) is 3.86. The summed E-state index contributed by atoms with van der Waals surface area (Å²) >= 11 is 0. The average Bonchev–Trinajstić information content (AvgIpc) is 2.18. The summed E-state index contributed by atoms with van der Waals surface area (Å²) in [5.41, 5.74) is 7.86. The number of rotatable bonds is 4. The van der Waals surface area contributed by atoms with E-state index in [9.17, 15) is 0 Å². The Morgan fingerprint density at radius 3 is 2.77 bits per heavy atom. The number of pyridine rings is 1. The third-order valence-corrected chi connectivity index (χ3v) is 2.08. The molecule has 0 aromatic carbocycles. The predicted molar refractivity (Wildman–Crippen MR) is 52.2 cm³/mol. The molecule has 0 aliphatic heterocycles. The van der Waals surface area contributed by atoms with Gasteiger partial charge in [0, 0.05) is 24.5 Å². The minimum absolute atomic E-state index is 0.0941. The van der Waals surface area contributed by atoms with Crippen molar-refractivity contribution in [2.45, 2.75) is 25.8 Å². The lowest BCUT2D eigenvalue weighted by Crippen LogP contribution is -2.12. The van der Waals surface area contributed by atoms with Crippen LogP contribution < -0.4 is 5.73 Å². The number of hydrogen-bond acceptors (Lipinski definition) is 3. The van der Waals surface area contributed by atoms with Crippen molar-refractivity contribution in [2.75, 3.05) is 6.61 Å². The van der Waals surface area contributed by atoms with Crippen LogP contribution in [-0.2, 0) is 6.42 Å². The highest BCUT2D eigenvalue weighted by Crippen LogP contribution is 2.12. The van der Waals surface area contributed by atoms with Gasteiger partial charge in [0.1, 0.15) is 0 Å². The molecule has 0 radical (unpaired) electrons. The van der Waals surface area contributed by atoms with Gasteiger partial charge in [0.05, 0.1) is 0 Å². The van der Waals surface area contributed by atoms with Crippen LogP contribution in [0.5, 0.6) is 0 Å². The van der Waals surface area contributed by atoms with Gasteiger partial charge in [-0.25, -0.2) is 0 Å². The van der Waals surface area contributed by atoms with Crippen molar-refractivity contribution >= 4 is 0 Å². The van der Waals surface area contributed by atoms with Crippen LogP contribution in [0.15, 0.2) is 18.3 Å². The smallest absolute Gasteiger partial charge is 0.0449 e. The molecule has 0 amide bonds. The third-order valence-electron chi connectivity index (χ3n) is 2.08. The van der Waals surface area contributed by atoms with Crippen LogP contribution in [0.25, 0.3) is 0 Å². The number of hydrogen-bond donors (Lipinski definition) is 2. The topological polar surface area (TPSA) is 59.1 Å². The fraction of sp³-hybridized carbons (Fsp3) is 0.500. The molecule has 0 bridgehead atoms. The standard InChI is InChI=1S/C10H16N2O/c1-2-9-4-3-8(7-12-9)10(11)5-6-13/h3-4,7,10,13H,2,5-6,11H2,1H3. The van der Waals surface area contributed by atoms with Crippen molar-refractivity contribution < 1.29 is 5.11 Å². The minimum Gasteiger partial charge on any atom is -0.396 e. The van der Waals surface area contributed by atoms with E-state index in [0.29, 0.717) is 6.42 Å². The van der Waals surface area contributed by atoms with Crippen LogP contribution in [0.3, 0.4) is 0 Å². The molecule has 1 rings (SSSR count). The maximum Gasteiger partial charge on any atom is 0.0449 e. The molecule has 0 saturated heterocycles. The van der Waals surface area contributed by atoms with E-state index in [0.717, 1.165) is 17.7 Å². The predicted octanol–water partition coefficient (Wildman–Crippen LogP) is 1.03. The van der Waals surface area contributed by atoms with Gasteiger partial charge < -0.3 is 10.8 Å². The number of nitrogens with two attached hydrogens (primary N) is 1. The largest absolute Gasteiger partial charge is 0.396 e. The summed E-state index contributed by atoms with van der Waals surface area (Å²) in [6.07, 6.45) is 3.32. The molecule has 3 heteroatoms. The fourth-order valence-electron chi connectivity index (χ4n) is 1.17. The first kappa shape index (κ1) is 10.2. The van der Waals surface area contributed by atoms with Crippen molar-refractivity contribution in [1.29, 1.82) is 0 Å². The van der Waals surface area contributed by atoms with Gasteiger partial charge in [0.2, 0.25) is 0 Å². The second kappa shape index (κ2) is 4.94. The molecule has 1 atom stereocenters. The second-order valence-electron chi connectivity index (χ2n) is 3.06. The first-order valence-electron chi connectivity index (χ1n) is 4.59. The monoisotopic (exact) mass is 180 g/mol. The van der Waals surface area contributed by atoms with E-state index in [1.54, 1.807) is 6.20 Å². The van der Waals surface area contributed by atoms with E-state index in [4.69, 9.17) is 10.8 Å². The SMILES string of the molecule is CCc1ccc(C(N)CCO)cn1. The molecule has 0 fully saturated rings. The Morgan fingerprint density at radius 1 is 1.54 bits per heavy atom. The van der Waals surface area contributed by atoms with Crippen molar-refractivity contribution in [1.82, 2.24) is 4.98 Å². The summed E-state index contributed by atoms with van der Waals surface area (Å²) in [6.45, 7) is 2.19. The van der Waals surface area contributed by atoms with Crippen molar-refractivity contribution in [3.63, 3.8) is 0 Å². The molecule has 72 valence electrons. The fourth-order valence-corrected chi connectivity index (χ4v) is 1.17. The Balaban J connectivity index is 2.67. The zero-order valence-corrected chi connectivity index (χ0v) is 7.90. The maximum atomic E-state index is 8.70. The minimum atomic E-state index is -0.0941. The van der Waals surface area contributed by atoms with Crippen molar-refractivity contribution in [2.24, 2.45) is 5.73 Å². The number of aliphatic hydroxyl groups excluding tert-OH is 1. The Labute approximate surface area is 78.6 Å². The van der Waals surface area contributed by atoms with E-state index in [2.05, 4.69) is 11.9 Å². The van der Waals surface area contributed by atoms with Crippen LogP contribution in [0.1, 0.15) is 30.6 Å². The molecular formula is C10H16N2O. The summed E-state index contributed by atoms with van der Waals surface area (Å²) in [4.78, 5) is 4.24. The van der Waals surface area contributed by atoms with Gasteiger partial charge in [-0.1, -0.05) is 13.0 Å². The average molecular weight is 180 g/mol. The Bertz CT molecular complexity index is 246. The lowest BCUT2D eigenvalue weighted by Gasteiger charge is -2.09. The molecule has 0 aliphatic rings. The number of nitrogens with zero attached hydrogens (tertiary/aromatic N) is 1. The van der Waals surface area contributed by atoms with Gasteiger partial charge in [0.15, 0.2) is 0 Å². The highest BCUT2D eigenvalue weighted by Gasteiger charge is 2.04.